The molecule has 2 N–H and O–H groups in total. The van der Waals surface area contributed by atoms with Crippen molar-refractivity contribution < 1.29 is 14.6 Å². The quantitative estimate of drug-likeness (QED) is 0.848. The Labute approximate surface area is 118 Å². The fourth-order valence-corrected chi connectivity index (χ4v) is 2.45. The van der Waals surface area contributed by atoms with Gasteiger partial charge in [0.15, 0.2) is 0 Å². The molecule has 1 atom stereocenters. The summed E-state index contributed by atoms with van der Waals surface area (Å²) in [7, 11) is 0. The molecule has 1 aromatic rings. The molecule has 1 saturated heterocycles. The number of carbonyl (C=O) groups is 1. The Morgan fingerprint density at radius 3 is 2.75 bits per heavy atom. The van der Waals surface area contributed by atoms with Crippen molar-refractivity contribution in [2.24, 2.45) is 0 Å². The van der Waals surface area contributed by atoms with Crippen molar-refractivity contribution in [3.05, 3.63) is 29.8 Å². The van der Waals surface area contributed by atoms with E-state index in [1.807, 2.05) is 24.3 Å². The summed E-state index contributed by atoms with van der Waals surface area (Å²) in [5.41, 5.74) is 1.88. The number of aliphatic hydroxyl groups excluding tert-OH is 1. The number of hydrogen-bond donors (Lipinski definition) is 2. The van der Waals surface area contributed by atoms with Crippen LogP contribution in [0.5, 0.6) is 0 Å². The average Bonchev–Trinajstić information content (AvgIpc) is 3.31. The van der Waals surface area contributed by atoms with Crippen LogP contribution in [0.4, 0.5) is 5.69 Å². The molecule has 0 aromatic heterocycles. The maximum absolute atomic E-state index is 12.3. The van der Waals surface area contributed by atoms with Crippen molar-refractivity contribution in [1.29, 1.82) is 0 Å². The van der Waals surface area contributed by atoms with Gasteiger partial charge >= 0.3 is 0 Å². The predicted molar refractivity (Wildman–Crippen MR) is 75.5 cm³/mol. The molecular formula is C15H20N2O3. The van der Waals surface area contributed by atoms with Crippen LogP contribution >= 0.6 is 0 Å². The van der Waals surface area contributed by atoms with Gasteiger partial charge in [-0.15, -0.1) is 0 Å². The lowest BCUT2D eigenvalue weighted by Gasteiger charge is -2.36. The number of morpholine rings is 1. The van der Waals surface area contributed by atoms with Gasteiger partial charge in [0.05, 0.1) is 19.8 Å². The lowest BCUT2D eigenvalue weighted by Crippen LogP contribution is -2.54. The number of anilines is 1. The molecule has 0 bridgehead atoms. The van der Waals surface area contributed by atoms with Gasteiger partial charge in [0.25, 0.3) is 0 Å². The fraction of sp³-hybridized carbons (Fsp3) is 0.533. The molecule has 108 valence electrons. The van der Waals surface area contributed by atoms with E-state index < -0.39 is 0 Å². The summed E-state index contributed by atoms with van der Waals surface area (Å²) in [6.45, 7) is 1.81. The van der Waals surface area contributed by atoms with Gasteiger partial charge in [-0.2, -0.15) is 0 Å². The Morgan fingerprint density at radius 1 is 1.35 bits per heavy atom. The van der Waals surface area contributed by atoms with E-state index in [0.717, 1.165) is 24.1 Å². The van der Waals surface area contributed by atoms with Crippen LogP contribution in [0, 0.1) is 0 Å². The lowest BCUT2D eigenvalue weighted by atomic mass is 10.1. The van der Waals surface area contributed by atoms with Crippen molar-refractivity contribution >= 4 is 11.6 Å². The smallest absolute Gasteiger partial charge is 0.245 e. The molecule has 20 heavy (non-hydrogen) atoms. The maximum Gasteiger partial charge on any atom is 0.245 e. The summed E-state index contributed by atoms with van der Waals surface area (Å²) >= 11 is 0. The van der Waals surface area contributed by atoms with E-state index in [9.17, 15) is 4.79 Å². The third kappa shape index (κ3) is 2.94. The Balaban J connectivity index is 1.74. The van der Waals surface area contributed by atoms with E-state index in [1.165, 1.54) is 0 Å². The van der Waals surface area contributed by atoms with Crippen LogP contribution in [0.15, 0.2) is 24.3 Å². The molecule has 1 saturated carbocycles. The van der Waals surface area contributed by atoms with Crippen LogP contribution in [0.1, 0.15) is 18.4 Å². The number of rotatable bonds is 4. The van der Waals surface area contributed by atoms with E-state index in [0.29, 0.717) is 25.8 Å². The topological polar surface area (TPSA) is 61.8 Å². The Kier molecular flexibility index (Phi) is 3.89. The predicted octanol–water partition coefficient (Wildman–Crippen LogP) is 0.663. The average molecular weight is 276 g/mol. The highest BCUT2D eigenvalue weighted by molar-refractivity contribution is 5.86. The molecule has 5 nitrogen and oxygen atoms in total. The molecule has 5 heteroatoms. The second-order valence-corrected chi connectivity index (χ2v) is 5.39. The van der Waals surface area contributed by atoms with Crippen molar-refractivity contribution in [1.82, 2.24) is 5.32 Å². The SMILES string of the molecule is O=C(NC1CC1)C1COCCN1c1ccc(CO)cc1. The summed E-state index contributed by atoms with van der Waals surface area (Å²) in [5, 5.41) is 12.1. The van der Waals surface area contributed by atoms with Crippen molar-refractivity contribution in [3.8, 4) is 0 Å². The fourth-order valence-electron chi connectivity index (χ4n) is 2.45. The van der Waals surface area contributed by atoms with Gasteiger partial charge in [-0.3, -0.25) is 4.79 Å². The summed E-state index contributed by atoms with van der Waals surface area (Å²) < 4.78 is 5.46. The largest absolute Gasteiger partial charge is 0.392 e. The molecule has 1 aliphatic heterocycles. The van der Waals surface area contributed by atoms with E-state index in [2.05, 4.69) is 10.2 Å². The molecule has 1 heterocycles. The zero-order valence-electron chi connectivity index (χ0n) is 11.4. The highest BCUT2D eigenvalue weighted by Gasteiger charge is 2.33. The van der Waals surface area contributed by atoms with Gasteiger partial charge < -0.3 is 20.1 Å². The first-order chi connectivity index (χ1) is 9.78. The van der Waals surface area contributed by atoms with Crippen molar-refractivity contribution in [3.63, 3.8) is 0 Å². The zero-order chi connectivity index (χ0) is 13.9. The second kappa shape index (κ2) is 5.81. The van der Waals surface area contributed by atoms with Crippen LogP contribution in [-0.4, -0.2) is 42.9 Å². The highest BCUT2D eigenvalue weighted by atomic mass is 16.5. The van der Waals surface area contributed by atoms with Crippen molar-refractivity contribution in [2.75, 3.05) is 24.7 Å². The molecule has 1 amide bonds. The van der Waals surface area contributed by atoms with Gasteiger partial charge in [0, 0.05) is 18.3 Å². The minimum Gasteiger partial charge on any atom is -0.392 e. The number of aliphatic hydroxyl groups is 1. The molecule has 1 unspecified atom stereocenters. The minimum absolute atomic E-state index is 0.0367. The number of nitrogens with zero attached hydrogens (tertiary/aromatic N) is 1. The van der Waals surface area contributed by atoms with Gasteiger partial charge in [-0.1, -0.05) is 12.1 Å². The first-order valence-electron chi connectivity index (χ1n) is 7.12. The number of ether oxygens (including phenoxy) is 1. The summed E-state index contributed by atoms with van der Waals surface area (Å²) in [4.78, 5) is 14.4. The molecule has 2 fully saturated rings. The molecule has 1 aromatic carbocycles. The third-order valence-electron chi connectivity index (χ3n) is 3.81. The van der Waals surface area contributed by atoms with E-state index >= 15 is 0 Å². The number of nitrogens with one attached hydrogen (secondary N) is 1. The highest BCUT2D eigenvalue weighted by Crippen LogP contribution is 2.23. The second-order valence-electron chi connectivity index (χ2n) is 5.39. The first-order valence-corrected chi connectivity index (χ1v) is 7.12. The Morgan fingerprint density at radius 2 is 2.10 bits per heavy atom. The van der Waals surface area contributed by atoms with E-state index in [4.69, 9.17) is 9.84 Å². The number of amides is 1. The summed E-state index contributed by atoms with van der Waals surface area (Å²) in [5.74, 6) is 0.0541. The molecule has 2 aliphatic rings. The van der Waals surface area contributed by atoms with Crippen LogP contribution in [-0.2, 0) is 16.1 Å². The molecular weight excluding hydrogens is 256 g/mol. The molecule has 1 aliphatic carbocycles. The van der Waals surface area contributed by atoms with Gasteiger partial charge in [0.2, 0.25) is 5.91 Å². The number of carbonyl (C=O) groups excluding carboxylic acids is 1. The Bertz CT molecular complexity index is 471. The zero-order valence-corrected chi connectivity index (χ0v) is 11.4. The first kappa shape index (κ1) is 13.4. The van der Waals surface area contributed by atoms with Gasteiger partial charge in [-0.05, 0) is 30.5 Å². The summed E-state index contributed by atoms with van der Waals surface area (Å²) in [6, 6.07) is 7.79. The number of hydrogen-bond acceptors (Lipinski definition) is 4. The van der Waals surface area contributed by atoms with Gasteiger partial charge in [0.1, 0.15) is 6.04 Å². The van der Waals surface area contributed by atoms with Crippen molar-refractivity contribution in [2.45, 2.75) is 31.5 Å². The lowest BCUT2D eigenvalue weighted by molar-refractivity contribution is -0.124. The molecule has 0 radical (unpaired) electrons. The minimum atomic E-state index is -0.260. The molecule has 0 spiro atoms. The normalized spacial score (nSPS) is 22.6. The van der Waals surface area contributed by atoms with E-state index in [-0.39, 0.29) is 18.6 Å². The van der Waals surface area contributed by atoms with Crippen LogP contribution in [0.3, 0.4) is 0 Å². The maximum atomic E-state index is 12.3. The number of benzene rings is 1. The van der Waals surface area contributed by atoms with E-state index in [1.54, 1.807) is 0 Å². The van der Waals surface area contributed by atoms with Crippen LogP contribution in [0.25, 0.3) is 0 Å². The Hall–Kier alpha value is -1.59. The third-order valence-corrected chi connectivity index (χ3v) is 3.81. The standard InChI is InChI=1S/C15H20N2O3/c18-9-11-1-5-13(6-2-11)17-7-8-20-10-14(17)15(19)16-12-3-4-12/h1-2,5-6,12,14,18H,3-4,7-10H2,(H,16,19). The molecule has 3 rings (SSSR count). The van der Waals surface area contributed by atoms with Crippen LogP contribution < -0.4 is 10.2 Å². The van der Waals surface area contributed by atoms with Crippen LogP contribution in [0.2, 0.25) is 0 Å². The summed E-state index contributed by atoms with van der Waals surface area (Å²) in [6.07, 6.45) is 2.18. The van der Waals surface area contributed by atoms with Gasteiger partial charge in [-0.25, -0.2) is 0 Å². The monoisotopic (exact) mass is 276 g/mol.